The molecule has 4 rings (SSSR count). The number of anilines is 1. The average Bonchev–Trinajstić information content (AvgIpc) is 2.89. The topological polar surface area (TPSA) is 65.1 Å². The first-order valence-electron chi connectivity index (χ1n) is 12.1. The standard InChI is InChI=1S/C26H32N4O3S2/c31-24(33-23-11-13-29(14-12-23)25(32)27-22-9-5-2-6-10-22)20-35-26(34)30-17-15-28(16-18-30)19-21-7-3-1-4-8-21/h1-10,23H,11-20H2,(H,27,32). The van der Waals surface area contributed by atoms with Crippen molar-refractivity contribution in [3.8, 4) is 0 Å². The van der Waals surface area contributed by atoms with Crippen molar-refractivity contribution >= 4 is 46.0 Å². The van der Waals surface area contributed by atoms with Crippen molar-refractivity contribution in [1.29, 1.82) is 0 Å². The highest BCUT2D eigenvalue weighted by molar-refractivity contribution is 8.23. The quantitative estimate of drug-likeness (QED) is 0.463. The van der Waals surface area contributed by atoms with Crippen molar-refractivity contribution in [2.75, 3.05) is 50.3 Å². The van der Waals surface area contributed by atoms with Gasteiger partial charge in [-0.25, -0.2) is 4.79 Å². The van der Waals surface area contributed by atoms with Crippen molar-refractivity contribution in [2.45, 2.75) is 25.5 Å². The number of hydrogen-bond acceptors (Lipinski definition) is 6. The third kappa shape index (κ3) is 7.95. The fraction of sp³-hybridized carbons (Fsp3) is 0.423. The van der Waals surface area contributed by atoms with E-state index in [2.05, 4.69) is 39.4 Å². The molecule has 2 amide bonds. The van der Waals surface area contributed by atoms with Gasteiger partial charge in [-0.1, -0.05) is 72.5 Å². The Morgan fingerprint density at radius 2 is 1.51 bits per heavy atom. The third-order valence-electron chi connectivity index (χ3n) is 6.25. The summed E-state index contributed by atoms with van der Waals surface area (Å²) in [5, 5.41) is 2.90. The van der Waals surface area contributed by atoms with Gasteiger partial charge in [0.2, 0.25) is 0 Å². The summed E-state index contributed by atoms with van der Waals surface area (Å²) < 4.78 is 6.41. The number of esters is 1. The minimum atomic E-state index is -0.243. The van der Waals surface area contributed by atoms with E-state index in [0.717, 1.165) is 42.7 Å². The molecule has 2 aliphatic heterocycles. The number of amides is 2. The highest BCUT2D eigenvalue weighted by Crippen LogP contribution is 2.18. The zero-order valence-corrected chi connectivity index (χ0v) is 21.4. The van der Waals surface area contributed by atoms with Crippen molar-refractivity contribution in [3.63, 3.8) is 0 Å². The summed E-state index contributed by atoms with van der Waals surface area (Å²) in [6.45, 7) is 5.74. The summed E-state index contributed by atoms with van der Waals surface area (Å²) in [5.41, 5.74) is 2.10. The molecule has 2 aromatic carbocycles. The number of rotatable bonds is 6. The summed E-state index contributed by atoms with van der Waals surface area (Å²) in [6, 6.07) is 19.8. The maximum absolute atomic E-state index is 12.4. The number of carbonyl (C=O) groups is 2. The zero-order valence-electron chi connectivity index (χ0n) is 19.8. The Morgan fingerprint density at radius 3 is 2.17 bits per heavy atom. The number of piperidine rings is 1. The molecule has 9 heteroatoms. The first-order valence-corrected chi connectivity index (χ1v) is 13.4. The van der Waals surface area contributed by atoms with Gasteiger partial charge in [0.25, 0.3) is 0 Å². The maximum Gasteiger partial charge on any atom is 0.321 e. The van der Waals surface area contributed by atoms with Crippen molar-refractivity contribution < 1.29 is 14.3 Å². The normalized spacial score (nSPS) is 17.1. The number of nitrogens with zero attached hydrogens (tertiary/aromatic N) is 3. The van der Waals surface area contributed by atoms with Gasteiger partial charge in [0.15, 0.2) is 0 Å². The van der Waals surface area contributed by atoms with Crippen LogP contribution in [0, 0.1) is 0 Å². The van der Waals surface area contributed by atoms with E-state index in [4.69, 9.17) is 17.0 Å². The smallest absolute Gasteiger partial charge is 0.321 e. The molecule has 0 radical (unpaired) electrons. The van der Waals surface area contributed by atoms with E-state index >= 15 is 0 Å². The molecular weight excluding hydrogens is 480 g/mol. The molecule has 0 spiro atoms. The molecule has 2 aliphatic rings. The van der Waals surface area contributed by atoms with Crippen LogP contribution < -0.4 is 5.32 Å². The van der Waals surface area contributed by atoms with Crippen LogP contribution in [-0.4, -0.2) is 82.1 Å². The van der Waals surface area contributed by atoms with Crippen molar-refractivity contribution in [1.82, 2.24) is 14.7 Å². The molecular formula is C26H32N4O3S2. The summed E-state index contributed by atoms with van der Waals surface area (Å²) in [7, 11) is 0. The molecule has 1 N–H and O–H groups in total. The Kier molecular flexibility index (Phi) is 9.39. The molecule has 35 heavy (non-hydrogen) atoms. The van der Waals surface area contributed by atoms with Gasteiger partial charge in [0, 0.05) is 64.3 Å². The lowest BCUT2D eigenvalue weighted by Crippen LogP contribution is -2.47. The number of urea groups is 1. The highest BCUT2D eigenvalue weighted by Gasteiger charge is 2.26. The lowest BCUT2D eigenvalue weighted by Gasteiger charge is -2.36. The summed E-state index contributed by atoms with van der Waals surface area (Å²) in [4.78, 5) is 31.2. The Labute approximate surface area is 216 Å². The predicted octanol–water partition coefficient (Wildman–Crippen LogP) is 4.06. The van der Waals surface area contributed by atoms with Crippen LogP contribution in [0.15, 0.2) is 60.7 Å². The number of piperazine rings is 1. The first kappa shape index (κ1) is 25.5. The SMILES string of the molecule is O=C(CSC(=S)N1CCN(Cc2ccccc2)CC1)OC1CCN(C(=O)Nc2ccccc2)CC1. The maximum atomic E-state index is 12.4. The molecule has 0 bridgehead atoms. The molecule has 2 aromatic rings. The average molecular weight is 513 g/mol. The van der Waals surface area contributed by atoms with Crippen LogP contribution in [0.4, 0.5) is 10.5 Å². The van der Waals surface area contributed by atoms with Crippen LogP contribution in [-0.2, 0) is 16.1 Å². The van der Waals surface area contributed by atoms with Crippen LogP contribution in [0.5, 0.6) is 0 Å². The van der Waals surface area contributed by atoms with Gasteiger partial charge in [0.1, 0.15) is 10.4 Å². The zero-order chi connectivity index (χ0) is 24.5. The minimum absolute atomic E-state index is 0.120. The Hall–Kier alpha value is -2.62. The molecule has 0 saturated carbocycles. The van der Waals surface area contributed by atoms with Crippen LogP contribution >= 0.6 is 24.0 Å². The van der Waals surface area contributed by atoms with Gasteiger partial charge >= 0.3 is 12.0 Å². The molecule has 7 nitrogen and oxygen atoms in total. The Balaban J connectivity index is 1.10. The van der Waals surface area contributed by atoms with E-state index in [1.807, 2.05) is 36.4 Å². The lowest BCUT2D eigenvalue weighted by molar-refractivity contribution is -0.147. The van der Waals surface area contributed by atoms with Crippen LogP contribution in [0.25, 0.3) is 0 Å². The minimum Gasteiger partial charge on any atom is -0.462 e. The molecule has 0 aromatic heterocycles. The van der Waals surface area contributed by atoms with Crippen LogP contribution in [0.3, 0.4) is 0 Å². The van der Waals surface area contributed by atoms with E-state index in [1.165, 1.54) is 17.3 Å². The van der Waals surface area contributed by atoms with E-state index < -0.39 is 0 Å². The molecule has 0 unspecified atom stereocenters. The third-order valence-corrected chi connectivity index (χ3v) is 7.74. The van der Waals surface area contributed by atoms with Crippen LogP contribution in [0.2, 0.25) is 0 Å². The molecule has 2 heterocycles. The van der Waals surface area contributed by atoms with Gasteiger partial charge < -0.3 is 19.9 Å². The largest absolute Gasteiger partial charge is 0.462 e. The number of carbonyl (C=O) groups excluding carboxylic acids is 2. The highest BCUT2D eigenvalue weighted by atomic mass is 32.2. The molecule has 186 valence electrons. The number of nitrogens with one attached hydrogen (secondary N) is 1. The van der Waals surface area contributed by atoms with E-state index in [1.54, 1.807) is 4.90 Å². The van der Waals surface area contributed by atoms with E-state index in [-0.39, 0.29) is 23.9 Å². The summed E-state index contributed by atoms with van der Waals surface area (Å²) in [6.07, 6.45) is 1.14. The fourth-order valence-electron chi connectivity index (χ4n) is 4.26. The Morgan fingerprint density at radius 1 is 0.886 bits per heavy atom. The van der Waals surface area contributed by atoms with Gasteiger partial charge in [-0.3, -0.25) is 9.69 Å². The number of hydrogen-bond donors (Lipinski definition) is 1. The first-order chi connectivity index (χ1) is 17.1. The molecule has 2 saturated heterocycles. The second-order valence-electron chi connectivity index (χ2n) is 8.78. The fourth-order valence-corrected chi connectivity index (χ4v) is 5.30. The van der Waals surface area contributed by atoms with Gasteiger partial charge in [0.05, 0.1) is 5.75 Å². The number of ether oxygens (including phenoxy) is 1. The number of benzene rings is 2. The number of thioether (sulfide) groups is 1. The van der Waals surface area contributed by atoms with Crippen molar-refractivity contribution in [2.24, 2.45) is 0 Å². The van der Waals surface area contributed by atoms with E-state index in [0.29, 0.717) is 25.9 Å². The van der Waals surface area contributed by atoms with Gasteiger partial charge in [-0.2, -0.15) is 0 Å². The predicted molar refractivity (Wildman–Crippen MR) is 144 cm³/mol. The molecule has 0 atom stereocenters. The summed E-state index contributed by atoms with van der Waals surface area (Å²) >= 11 is 6.96. The summed E-state index contributed by atoms with van der Waals surface area (Å²) in [5.74, 6) is -0.0233. The van der Waals surface area contributed by atoms with E-state index in [9.17, 15) is 9.59 Å². The van der Waals surface area contributed by atoms with Crippen LogP contribution in [0.1, 0.15) is 18.4 Å². The second kappa shape index (κ2) is 12.9. The second-order valence-corrected chi connectivity index (χ2v) is 10.4. The molecule has 2 fully saturated rings. The van der Waals surface area contributed by atoms with Crippen molar-refractivity contribution in [3.05, 3.63) is 66.2 Å². The molecule has 0 aliphatic carbocycles. The lowest BCUT2D eigenvalue weighted by atomic mass is 10.1. The number of likely N-dealkylation sites (tertiary alicyclic amines) is 1. The number of thiocarbonyl (C=S) groups is 1. The Bertz CT molecular complexity index is 977. The van der Waals surface area contributed by atoms with Gasteiger partial charge in [-0.05, 0) is 17.7 Å². The van der Waals surface area contributed by atoms with Gasteiger partial charge in [-0.15, -0.1) is 0 Å². The monoisotopic (exact) mass is 512 g/mol. The number of para-hydroxylation sites is 1.